The zero-order valence-electron chi connectivity index (χ0n) is 18.6. The largest absolute Gasteiger partial charge is 0.348 e. The molecule has 1 aliphatic rings. The van der Waals surface area contributed by atoms with Crippen LogP contribution in [0.4, 0.5) is 11.4 Å². The summed E-state index contributed by atoms with van der Waals surface area (Å²) in [6.07, 6.45) is 1.07. The highest BCUT2D eigenvalue weighted by Crippen LogP contribution is 2.27. The Morgan fingerprint density at radius 3 is 2.33 bits per heavy atom. The maximum Gasteiger partial charge on any atom is 0.253 e. The van der Waals surface area contributed by atoms with E-state index in [4.69, 9.17) is 0 Å². The standard InChI is InChI=1S/C27H27N3O3/c1-2-19-12-14-22(15-13-19)30-18-21(16-25(30)31)26(32)29-24-11-7-6-10-23(24)27(33)28-17-20-8-4-3-5-9-20/h3-15,21H,2,16-18H2,1H3,(H,28,33)(H,29,32)/t21-/m0/s1. The Bertz CT molecular complexity index is 1140. The van der Waals surface area contributed by atoms with Crippen molar-refractivity contribution < 1.29 is 14.4 Å². The number of anilines is 2. The van der Waals surface area contributed by atoms with Crippen molar-refractivity contribution in [1.82, 2.24) is 5.32 Å². The van der Waals surface area contributed by atoms with E-state index >= 15 is 0 Å². The van der Waals surface area contributed by atoms with Gasteiger partial charge in [-0.3, -0.25) is 14.4 Å². The van der Waals surface area contributed by atoms with Gasteiger partial charge in [-0.05, 0) is 41.8 Å². The van der Waals surface area contributed by atoms with E-state index in [-0.39, 0.29) is 24.1 Å². The molecule has 3 aromatic carbocycles. The fourth-order valence-corrected chi connectivity index (χ4v) is 3.94. The first-order valence-corrected chi connectivity index (χ1v) is 11.2. The first-order chi connectivity index (χ1) is 16.0. The topological polar surface area (TPSA) is 78.5 Å². The molecule has 1 atom stereocenters. The van der Waals surface area contributed by atoms with E-state index < -0.39 is 5.92 Å². The summed E-state index contributed by atoms with van der Waals surface area (Å²) in [5.41, 5.74) is 3.81. The average molecular weight is 442 g/mol. The number of hydrogen-bond donors (Lipinski definition) is 2. The Hall–Kier alpha value is -3.93. The van der Waals surface area contributed by atoms with Crippen molar-refractivity contribution >= 4 is 29.1 Å². The second-order valence-electron chi connectivity index (χ2n) is 8.13. The van der Waals surface area contributed by atoms with Crippen LogP contribution in [-0.4, -0.2) is 24.3 Å². The molecule has 0 unspecified atom stereocenters. The van der Waals surface area contributed by atoms with Crippen LogP contribution in [0.1, 0.15) is 34.8 Å². The van der Waals surface area contributed by atoms with Crippen LogP contribution in [0, 0.1) is 5.92 Å². The lowest BCUT2D eigenvalue weighted by atomic mass is 10.1. The molecule has 33 heavy (non-hydrogen) atoms. The highest BCUT2D eigenvalue weighted by atomic mass is 16.2. The van der Waals surface area contributed by atoms with E-state index in [2.05, 4.69) is 17.6 Å². The number of benzene rings is 3. The van der Waals surface area contributed by atoms with Crippen molar-refractivity contribution in [2.24, 2.45) is 5.92 Å². The van der Waals surface area contributed by atoms with E-state index in [0.29, 0.717) is 24.3 Å². The van der Waals surface area contributed by atoms with E-state index in [1.165, 1.54) is 5.56 Å². The number of nitrogens with zero attached hydrogens (tertiary/aromatic N) is 1. The van der Waals surface area contributed by atoms with Crippen LogP contribution >= 0.6 is 0 Å². The molecule has 0 spiro atoms. The third-order valence-electron chi connectivity index (χ3n) is 5.88. The fraction of sp³-hybridized carbons (Fsp3) is 0.222. The van der Waals surface area contributed by atoms with Crippen LogP contribution in [0.2, 0.25) is 0 Å². The summed E-state index contributed by atoms with van der Waals surface area (Å²) < 4.78 is 0. The molecule has 1 fully saturated rings. The number of carbonyl (C=O) groups excluding carboxylic acids is 3. The van der Waals surface area contributed by atoms with E-state index in [9.17, 15) is 14.4 Å². The number of para-hydroxylation sites is 1. The van der Waals surface area contributed by atoms with Gasteiger partial charge < -0.3 is 15.5 Å². The molecular formula is C27H27N3O3. The lowest BCUT2D eigenvalue weighted by Gasteiger charge is -2.17. The Morgan fingerprint density at radius 2 is 1.61 bits per heavy atom. The zero-order chi connectivity index (χ0) is 23.2. The molecular weight excluding hydrogens is 414 g/mol. The van der Waals surface area contributed by atoms with E-state index in [0.717, 1.165) is 17.7 Å². The van der Waals surface area contributed by atoms with Gasteiger partial charge in [0.25, 0.3) is 5.91 Å². The van der Waals surface area contributed by atoms with E-state index in [1.54, 1.807) is 29.2 Å². The molecule has 0 radical (unpaired) electrons. The van der Waals surface area contributed by atoms with Crippen LogP contribution in [0.25, 0.3) is 0 Å². The first kappa shape index (κ1) is 22.3. The molecule has 2 N–H and O–H groups in total. The number of rotatable bonds is 7. The highest BCUT2D eigenvalue weighted by molar-refractivity contribution is 6.07. The van der Waals surface area contributed by atoms with Crippen LogP contribution in [0.15, 0.2) is 78.9 Å². The number of carbonyl (C=O) groups is 3. The molecule has 0 bridgehead atoms. The van der Waals surface area contributed by atoms with Crippen molar-refractivity contribution in [2.75, 3.05) is 16.8 Å². The third kappa shape index (κ3) is 5.29. The third-order valence-corrected chi connectivity index (χ3v) is 5.88. The maximum absolute atomic E-state index is 13.0. The molecule has 0 aromatic heterocycles. The molecule has 1 saturated heterocycles. The zero-order valence-corrected chi connectivity index (χ0v) is 18.6. The summed E-state index contributed by atoms with van der Waals surface area (Å²) >= 11 is 0. The summed E-state index contributed by atoms with van der Waals surface area (Å²) in [5, 5.41) is 5.75. The Kier molecular flexibility index (Phi) is 6.83. The predicted octanol–water partition coefficient (Wildman–Crippen LogP) is 4.17. The summed E-state index contributed by atoms with van der Waals surface area (Å²) in [5.74, 6) is -1.09. The second kappa shape index (κ2) is 10.1. The smallest absolute Gasteiger partial charge is 0.253 e. The molecule has 3 amide bonds. The monoisotopic (exact) mass is 441 g/mol. The molecule has 4 rings (SSSR count). The summed E-state index contributed by atoms with van der Waals surface area (Å²) in [6.45, 7) is 2.79. The quantitative estimate of drug-likeness (QED) is 0.578. The van der Waals surface area contributed by atoms with Gasteiger partial charge in [0.1, 0.15) is 0 Å². The number of hydrogen-bond acceptors (Lipinski definition) is 3. The molecule has 3 aromatic rings. The van der Waals surface area contributed by atoms with Gasteiger partial charge in [0.15, 0.2) is 0 Å². The van der Waals surface area contributed by atoms with E-state index in [1.807, 2.05) is 54.6 Å². The van der Waals surface area contributed by atoms with Crippen molar-refractivity contribution in [1.29, 1.82) is 0 Å². The highest BCUT2D eigenvalue weighted by Gasteiger charge is 2.35. The number of nitrogens with one attached hydrogen (secondary N) is 2. The number of aryl methyl sites for hydroxylation is 1. The minimum absolute atomic E-state index is 0.0757. The molecule has 168 valence electrons. The van der Waals surface area contributed by atoms with Gasteiger partial charge in [-0.1, -0.05) is 61.5 Å². The lowest BCUT2D eigenvalue weighted by Crippen LogP contribution is -2.29. The van der Waals surface area contributed by atoms with Gasteiger partial charge >= 0.3 is 0 Å². The van der Waals surface area contributed by atoms with Crippen LogP contribution in [-0.2, 0) is 22.6 Å². The normalized spacial score (nSPS) is 15.4. The van der Waals surface area contributed by atoms with Crippen molar-refractivity contribution in [3.63, 3.8) is 0 Å². The average Bonchev–Trinajstić information content (AvgIpc) is 3.25. The predicted molar refractivity (Wildman–Crippen MR) is 129 cm³/mol. The molecule has 0 aliphatic carbocycles. The summed E-state index contributed by atoms with van der Waals surface area (Å²) in [6, 6.07) is 24.4. The second-order valence-corrected chi connectivity index (χ2v) is 8.13. The van der Waals surface area contributed by atoms with Crippen LogP contribution in [0.3, 0.4) is 0 Å². The Morgan fingerprint density at radius 1 is 0.909 bits per heavy atom. The Labute approximate surface area is 193 Å². The maximum atomic E-state index is 13.0. The molecule has 6 nitrogen and oxygen atoms in total. The molecule has 1 heterocycles. The van der Waals surface area contributed by atoms with Crippen molar-refractivity contribution in [3.05, 3.63) is 95.6 Å². The number of amides is 3. The minimum atomic E-state index is -0.483. The lowest BCUT2D eigenvalue weighted by molar-refractivity contribution is -0.122. The van der Waals surface area contributed by atoms with Gasteiger partial charge in [-0.25, -0.2) is 0 Å². The minimum Gasteiger partial charge on any atom is -0.348 e. The fourth-order valence-electron chi connectivity index (χ4n) is 3.94. The van der Waals surface area contributed by atoms with Crippen molar-refractivity contribution in [3.8, 4) is 0 Å². The van der Waals surface area contributed by atoms with Crippen LogP contribution < -0.4 is 15.5 Å². The molecule has 1 aliphatic heterocycles. The molecule has 6 heteroatoms. The van der Waals surface area contributed by atoms with Crippen molar-refractivity contribution in [2.45, 2.75) is 26.3 Å². The van der Waals surface area contributed by atoms with Gasteiger partial charge in [0, 0.05) is 25.2 Å². The first-order valence-electron chi connectivity index (χ1n) is 11.2. The van der Waals surface area contributed by atoms with Gasteiger partial charge in [-0.15, -0.1) is 0 Å². The summed E-state index contributed by atoms with van der Waals surface area (Å²) in [4.78, 5) is 40.0. The van der Waals surface area contributed by atoms with Gasteiger partial charge in [-0.2, -0.15) is 0 Å². The Balaban J connectivity index is 1.41. The summed E-state index contributed by atoms with van der Waals surface area (Å²) in [7, 11) is 0. The van der Waals surface area contributed by atoms with Gasteiger partial charge in [0.2, 0.25) is 11.8 Å². The SMILES string of the molecule is CCc1ccc(N2C[C@@H](C(=O)Nc3ccccc3C(=O)NCc3ccccc3)CC2=O)cc1. The molecule has 0 saturated carbocycles. The van der Waals surface area contributed by atoms with Crippen LogP contribution in [0.5, 0.6) is 0 Å². The van der Waals surface area contributed by atoms with Gasteiger partial charge in [0.05, 0.1) is 17.2 Å².